The van der Waals surface area contributed by atoms with Gasteiger partial charge in [-0.1, -0.05) is 6.07 Å². The minimum atomic E-state index is -1.04. The van der Waals surface area contributed by atoms with E-state index in [1.807, 2.05) is 6.07 Å². The summed E-state index contributed by atoms with van der Waals surface area (Å²) in [7, 11) is 0. The highest BCUT2D eigenvalue weighted by atomic mass is 32.2. The number of nitrogens with zero attached hydrogens (tertiary/aromatic N) is 1. The molecule has 1 aromatic rings. The van der Waals surface area contributed by atoms with Gasteiger partial charge in [0.05, 0.1) is 6.04 Å². The number of fused-ring (bicyclic) bond motifs is 2. The van der Waals surface area contributed by atoms with Crippen molar-refractivity contribution < 1.29 is 29.0 Å². The summed E-state index contributed by atoms with van der Waals surface area (Å²) >= 11 is 1.38. The molecule has 9 nitrogen and oxygen atoms in total. The summed E-state index contributed by atoms with van der Waals surface area (Å²) in [6.07, 6.45) is 0.272. The standard InChI is InChI=1S/C18H21N3O6S/c1-18(2)13(17(24)25)21-15(23)12(16(21)28-18)20-14(22)9(19)5-8-3-4-10-11(6-8)27-7-26-10/h3-4,6,9,12-13,16H,5,7,19H2,1-2H3,(H,20,22)(H,24,25)/t9?,12-,13+,16-/m1/s1. The van der Waals surface area contributed by atoms with Crippen LogP contribution in [0.5, 0.6) is 11.5 Å². The number of carbonyl (C=O) groups is 3. The normalized spacial score (nSPS) is 27.8. The molecule has 150 valence electrons. The van der Waals surface area contributed by atoms with Gasteiger partial charge in [-0.2, -0.15) is 0 Å². The zero-order valence-corrected chi connectivity index (χ0v) is 16.2. The Kier molecular flexibility index (Phi) is 4.42. The second-order valence-electron chi connectivity index (χ2n) is 7.58. The van der Waals surface area contributed by atoms with Crippen molar-refractivity contribution in [2.75, 3.05) is 6.79 Å². The second kappa shape index (κ2) is 6.56. The van der Waals surface area contributed by atoms with Crippen LogP contribution in [-0.2, 0) is 20.8 Å². The van der Waals surface area contributed by atoms with Crippen LogP contribution in [0, 0.1) is 0 Å². The summed E-state index contributed by atoms with van der Waals surface area (Å²) in [5.74, 6) is -0.625. The molecule has 4 atom stereocenters. The maximum absolute atomic E-state index is 12.5. The van der Waals surface area contributed by atoms with Crippen molar-refractivity contribution in [1.82, 2.24) is 10.2 Å². The zero-order valence-electron chi connectivity index (χ0n) is 15.4. The fourth-order valence-corrected chi connectivity index (χ4v) is 5.45. The van der Waals surface area contributed by atoms with Gasteiger partial charge in [-0.15, -0.1) is 11.8 Å². The van der Waals surface area contributed by atoms with Crippen LogP contribution >= 0.6 is 11.8 Å². The number of nitrogens with two attached hydrogens (primary N) is 1. The van der Waals surface area contributed by atoms with Gasteiger partial charge in [0.2, 0.25) is 18.6 Å². The number of carboxylic acids is 1. The molecule has 1 unspecified atom stereocenters. The molecule has 3 heterocycles. The first kappa shape index (κ1) is 18.9. The summed E-state index contributed by atoms with van der Waals surface area (Å²) in [6.45, 7) is 3.73. The van der Waals surface area contributed by atoms with Gasteiger partial charge in [0.1, 0.15) is 17.5 Å². The van der Waals surface area contributed by atoms with E-state index in [2.05, 4.69) is 5.32 Å². The van der Waals surface area contributed by atoms with Gasteiger partial charge in [-0.25, -0.2) is 4.79 Å². The minimum Gasteiger partial charge on any atom is -0.480 e. The molecular formula is C18H21N3O6S. The molecule has 0 aromatic heterocycles. The number of carboxylic acid groups (broad SMARTS) is 1. The number of benzene rings is 1. The zero-order chi connectivity index (χ0) is 20.2. The van der Waals surface area contributed by atoms with Crippen molar-refractivity contribution in [3.63, 3.8) is 0 Å². The highest BCUT2D eigenvalue weighted by Crippen LogP contribution is 2.50. The molecule has 2 amide bonds. The summed E-state index contributed by atoms with van der Waals surface area (Å²) in [6, 6.07) is 2.83. The molecule has 3 aliphatic rings. The van der Waals surface area contributed by atoms with Crippen LogP contribution in [0.15, 0.2) is 18.2 Å². The van der Waals surface area contributed by atoms with Crippen molar-refractivity contribution in [3.05, 3.63) is 23.8 Å². The third-order valence-corrected chi connectivity index (χ3v) is 6.77. The van der Waals surface area contributed by atoms with Crippen molar-refractivity contribution in [2.24, 2.45) is 5.73 Å². The third kappa shape index (κ3) is 2.96. The summed E-state index contributed by atoms with van der Waals surface area (Å²) in [5.41, 5.74) is 6.84. The molecule has 0 radical (unpaired) electrons. The Hall–Kier alpha value is -2.46. The lowest BCUT2D eigenvalue weighted by atomic mass is 9.95. The fraction of sp³-hybridized carbons (Fsp3) is 0.500. The van der Waals surface area contributed by atoms with E-state index in [9.17, 15) is 19.5 Å². The molecule has 28 heavy (non-hydrogen) atoms. The Labute approximate surface area is 165 Å². The van der Waals surface area contributed by atoms with Crippen molar-refractivity contribution in [1.29, 1.82) is 0 Å². The molecule has 4 rings (SSSR count). The smallest absolute Gasteiger partial charge is 0.327 e. The Bertz CT molecular complexity index is 860. The van der Waals surface area contributed by atoms with E-state index in [-0.39, 0.29) is 19.1 Å². The van der Waals surface area contributed by atoms with E-state index in [1.165, 1.54) is 16.7 Å². The lowest BCUT2D eigenvalue weighted by Crippen LogP contribution is -2.71. The highest BCUT2D eigenvalue weighted by Gasteiger charge is 2.64. The van der Waals surface area contributed by atoms with E-state index in [0.717, 1.165) is 5.56 Å². The van der Waals surface area contributed by atoms with E-state index < -0.39 is 40.1 Å². The van der Waals surface area contributed by atoms with Gasteiger partial charge in [0, 0.05) is 4.75 Å². The number of amides is 2. The van der Waals surface area contributed by atoms with E-state index >= 15 is 0 Å². The predicted molar refractivity (Wildman–Crippen MR) is 99.9 cm³/mol. The van der Waals surface area contributed by atoms with E-state index in [1.54, 1.807) is 26.0 Å². The third-order valence-electron chi connectivity index (χ3n) is 5.20. The average Bonchev–Trinajstić information content (AvgIpc) is 3.18. The monoisotopic (exact) mass is 407 g/mol. The number of ether oxygens (including phenoxy) is 2. The lowest BCUT2D eigenvalue weighted by Gasteiger charge is -2.43. The minimum absolute atomic E-state index is 0.165. The Morgan fingerprint density at radius 1 is 1.39 bits per heavy atom. The first-order valence-electron chi connectivity index (χ1n) is 8.86. The van der Waals surface area contributed by atoms with Crippen LogP contribution in [0.25, 0.3) is 0 Å². The van der Waals surface area contributed by atoms with Gasteiger partial charge < -0.3 is 30.5 Å². The number of nitrogens with one attached hydrogen (secondary N) is 1. The molecule has 0 bridgehead atoms. The van der Waals surface area contributed by atoms with E-state index in [0.29, 0.717) is 11.5 Å². The largest absolute Gasteiger partial charge is 0.480 e. The molecule has 4 N–H and O–H groups in total. The van der Waals surface area contributed by atoms with Crippen LogP contribution in [0.2, 0.25) is 0 Å². The number of thioether (sulfide) groups is 1. The van der Waals surface area contributed by atoms with Crippen molar-refractivity contribution in [3.8, 4) is 11.5 Å². The fourth-order valence-electron chi connectivity index (χ4n) is 3.82. The maximum Gasteiger partial charge on any atom is 0.327 e. The van der Waals surface area contributed by atoms with Crippen LogP contribution in [0.1, 0.15) is 19.4 Å². The second-order valence-corrected chi connectivity index (χ2v) is 9.35. The molecule has 2 saturated heterocycles. The van der Waals surface area contributed by atoms with Crippen molar-refractivity contribution >= 4 is 29.5 Å². The SMILES string of the molecule is CC1(C)S[C@@H]2[C@H](NC(=O)C(N)Cc3ccc4c(c3)OCO4)C(=O)N2[C@H]1C(=O)O. The number of hydrogen-bond donors (Lipinski definition) is 3. The number of aliphatic carboxylic acids is 1. The Morgan fingerprint density at radius 2 is 2.11 bits per heavy atom. The summed E-state index contributed by atoms with van der Waals surface area (Å²) < 4.78 is 9.94. The quantitative estimate of drug-likeness (QED) is 0.578. The first-order chi connectivity index (χ1) is 13.2. The van der Waals surface area contributed by atoms with E-state index in [4.69, 9.17) is 15.2 Å². The number of rotatable bonds is 5. The van der Waals surface area contributed by atoms with Crippen LogP contribution in [-0.4, -0.2) is 62.8 Å². The molecule has 2 fully saturated rings. The highest BCUT2D eigenvalue weighted by molar-refractivity contribution is 8.01. The summed E-state index contributed by atoms with van der Waals surface area (Å²) in [5, 5.41) is 11.7. The molecule has 3 aliphatic heterocycles. The lowest BCUT2D eigenvalue weighted by molar-refractivity contribution is -0.161. The van der Waals surface area contributed by atoms with Gasteiger partial charge >= 0.3 is 5.97 Å². The van der Waals surface area contributed by atoms with Gasteiger partial charge in [0.25, 0.3) is 0 Å². The molecular weight excluding hydrogens is 386 g/mol. The molecule has 0 saturated carbocycles. The van der Waals surface area contributed by atoms with Gasteiger partial charge in [0.15, 0.2) is 11.5 Å². The molecule has 1 aromatic carbocycles. The Balaban J connectivity index is 1.39. The van der Waals surface area contributed by atoms with Crippen LogP contribution in [0.4, 0.5) is 0 Å². The molecule has 0 aliphatic carbocycles. The van der Waals surface area contributed by atoms with Gasteiger partial charge in [-0.3, -0.25) is 9.59 Å². The molecule has 0 spiro atoms. The van der Waals surface area contributed by atoms with Crippen molar-refractivity contribution in [2.45, 2.75) is 48.5 Å². The van der Waals surface area contributed by atoms with Gasteiger partial charge in [-0.05, 0) is 38.0 Å². The maximum atomic E-state index is 12.5. The topological polar surface area (TPSA) is 131 Å². The first-order valence-corrected chi connectivity index (χ1v) is 9.74. The van der Waals surface area contributed by atoms with Crippen LogP contribution < -0.4 is 20.5 Å². The Morgan fingerprint density at radius 3 is 2.82 bits per heavy atom. The number of carbonyl (C=O) groups excluding carboxylic acids is 2. The number of β-lactam (4-membered cyclic amide) rings is 1. The van der Waals surface area contributed by atoms with Crippen LogP contribution in [0.3, 0.4) is 0 Å². The predicted octanol–water partition coefficient (Wildman–Crippen LogP) is -0.0832. The summed E-state index contributed by atoms with van der Waals surface area (Å²) in [4.78, 5) is 37.8. The number of hydrogen-bond acceptors (Lipinski definition) is 7. The molecule has 10 heteroatoms. The average molecular weight is 407 g/mol.